The number of carbonyl (C=O) groups excluding carboxylic acids is 1. The number of benzene rings is 1. The predicted octanol–water partition coefficient (Wildman–Crippen LogP) is 3.45. The third-order valence-electron chi connectivity index (χ3n) is 4.54. The van der Waals surface area contributed by atoms with Crippen LogP contribution in [0.3, 0.4) is 0 Å². The van der Waals surface area contributed by atoms with Crippen LogP contribution in [0.25, 0.3) is 11.1 Å². The lowest BCUT2D eigenvalue weighted by Crippen LogP contribution is -2.38. The molecule has 122 valence electrons. The summed E-state index contributed by atoms with van der Waals surface area (Å²) in [4.78, 5) is 15.0. The second-order valence-corrected chi connectivity index (χ2v) is 6.05. The van der Waals surface area contributed by atoms with Crippen molar-refractivity contribution in [1.82, 2.24) is 14.7 Å². The zero-order valence-electron chi connectivity index (χ0n) is 13.3. The van der Waals surface area contributed by atoms with Gasteiger partial charge in [-0.1, -0.05) is 30.3 Å². The summed E-state index contributed by atoms with van der Waals surface area (Å²) in [7, 11) is 0. The van der Waals surface area contributed by atoms with Gasteiger partial charge in [-0.3, -0.25) is 9.48 Å². The molecule has 1 aliphatic rings. The Labute approximate surface area is 140 Å². The molecule has 0 radical (unpaired) electrons. The molecule has 5 heteroatoms. The van der Waals surface area contributed by atoms with Crippen LogP contribution in [-0.2, 0) is 6.54 Å². The van der Waals surface area contributed by atoms with Crippen molar-refractivity contribution >= 4 is 5.91 Å². The average molecular weight is 321 g/mol. The van der Waals surface area contributed by atoms with E-state index in [0.717, 1.165) is 37.1 Å². The van der Waals surface area contributed by atoms with Gasteiger partial charge in [0.2, 0.25) is 0 Å². The van der Waals surface area contributed by atoms with E-state index in [9.17, 15) is 4.79 Å². The van der Waals surface area contributed by atoms with Crippen LogP contribution in [0, 0.1) is 0 Å². The Bertz CT molecular complexity index is 808. The van der Waals surface area contributed by atoms with Crippen LogP contribution in [0.2, 0.25) is 0 Å². The van der Waals surface area contributed by atoms with E-state index in [-0.39, 0.29) is 11.9 Å². The minimum atomic E-state index is -0.0338. The van der Waals surface area contributed by atoms with Gasteiger partial charge >= 0.3 is 0 Å². The van der Waals surface area contributed by atoms with E-state index in [1.807, 2.05) is 58.2 Å². The van der Waals surface area contributed by atoms with Crippen LogP contribution < -0.4 is 0 Å². The van der Waals surface area contributed by atoms with Crippen molar-refractivity contribution in [3.8, 4) is 11.1 Å². The zero-order chi connectivity index (χ0) is 16.4. The van der Waals surface area contributed by atoms with Crippen LogP contribution in [0.4, 0.5) is 0 Å². The highest BCUT2D eigenvalue weighted by Crippen LogP contribution is 2.28. The number of nitrogens with zero attached hydrogens (tertiary/aromatic N) is 3. The number of hydrogen-bond donors (Lipinski definition) is 0. The van der Waals surface area contributed by atoms with E-state index in [1.54, 1.807) is 12.5 Å². The van der Waals surface area contributed by atoms with Crippen molar-refractivity contribution < 1.29 is 9.21 Å². The fraction of sp³-hybridized carbons (Fsp3) is 0.263. The highest BCUT2D eigenvalue weighted by molar-refractivity contribution is 5.98. The Morgan fingerprint density at radius 1 is 1.21 bits per heavy atom. The van der Waals surface area contributed by atoms with E-state index in [1.165, 1.54) is 0 Å². The largest absolute Gasteiger partial charge is 0.459 e. The molecule has 0 unspecified atom stereocenters. The molecule has 3 heterocycles. The summed E-state index contributed by atoms with van der Waals surface area (Å²) in [5.74, 6) is 0.391. The van der Waals surface area contributed by atoms with Crippen molar-refractivity contribution in [3.05, 3.63) is 66.9 Å². The molecule has 1 saturated heterocycles. The first-order chi connectivity index (χ1) is 11.8. The third-order valence-corrected chi connectivity index (χ3v) is 4.54. The maximum Gasteiger partial charge on any atom is 0.290 e. The van der Waals surface area contributed by atoms with Crippen molar-refractivity contribution in [1.29, 1.82) is 0 Å². The third kappa shape index (κ3) is 2.73. The summed E-state index contributed by atoms with van der Waals surface area (Å²) in [5, 5.41) is 4.26. The molecule has 0 saturated carbocycles. The molecule has 1 aliphatic heterocycles. The molecular formula is C19H19N3O2. The van der Waals surface area contributed by atoms with Gasteiger partial charge in [-0.2, -0.15) is 5.10 Å². The second-order valence-electron chi connectivity index (χ2n) is 6.05. The molecule has 2 aromatic heterocycles. The molecule has 3 aromatic rings. The van der Waals surface area contributed by atoms with Crippen LogP contribution in [0.5, 0.6) is 0 Å². The van der Waals surface area contributed by atoms with Gasteiger partial charge in [0.15, 0.2) is 5.76 Å². The standard InChI is InChI=1S/C19H19N3O2/c23-19(18-17(9-13-24-18)15-6-2-1-3-7-15)22-12-4-8-16(22)14-21-11-5-10-20-21/h1-3,5-7,9-11,13,16H,4,8,12,14H2/t16-/m1/s1. The first-order valence-electron chi connectivity index (χ1n) is 8.24. The number of amides is 1. The van der Waals surface area contributed by atoms with Crippen molar-refractivity contribution in [2.45, 2.75) is 25.4 Å². The van der Waals surface area contributed by atoms with E-state index in [0.29, 0.717) is 5.76 Å². The van der Waals surface area contributed by atoms with Crippen LogP contribution >= 0.6 is 0 Å². The fourth-order valence-corrected chi connectivity index (χ4v) is 3.37. The fourth-order valence-electron chi connectivity index (χ4n) is 3.37. The highest BCUT2D eigenvalue weighted by Gasteiger charge is 2.32. The SMILES string of the molecule is O=C(c1occc1-c1ccccc1)N1CCC[C@@H]1Cn1cccn1. The van der Waals surface area contributed by atoms with Crippen molar-refractivity contribution in [3.63, 3.8) is 0 Å². The van der Waals surface area contributed by atoms with E-state index < -0.39 is 0 Å². The summed E-state index contributed by atoms with van der Waals surface area (Å²) in [6.45, 7) is 1.49. The Kier molecular flexibility index (Phi) is 3.91. The molecule has 0 bridgehead atoms. The molecule has 0 aliphatic carbocycles. The Balaban J connectivity index is 1.59. The lowest BCUT2D eigenvalue weighted by Gasteiger charge is -2.24. The summed E-state index contributed by atoms with van der Waals surface area (Å²) in [5.41, 5.74) is 1.85. The molecule has 0 spiro atoms. The summed E-state index contributed by atoms with van der Waals surface area (Å²) < 4.78 is 7.45. The van der Waals surface area contributed by atoms with Crippen molar-refractivity contribution in [2.75, 3.05) is 6.54 Å². The predicted molar refractivity (Wildman–Crippen MR) is 90.4 cm³/mol. The second kappa shape index (κ2) is 6.35. The number of hydrogen-bond acceptors (Lipinski definition) is 3. The van der Waals surface area contributed by atoms with Gasteiger partial charge in [0, 0.05) is 24.5 Å². The molecule has 1 atom stereocenters. The number of carbonyl (C=O) groups is 1. The molecule has 4 rings (SSSR count). The minimum absolute atomic E-state index is 0.0338. The molecular weight excluding hydrogens is 302 g/mol. The molecule has 5 nitrogen and oxygen atoms in total. The van der Waals surface area contributed by atoms with Crippen LogP contribution in [0.1, 0.15) is 23.4 Å². The first-order valence-corrected chi connectivity index (χ1v) is 8.24. The van der Waals surface area contributed by atoms with Gasteiger partial charge in [0.05, 0.1) is 18.8 Å². The van der Waals surface area contributed by atoms with E-state index in [4.69, 9.17) is 4.42 Å². The monoisotopic (exact) mass is 321 g/mol. The Hall–Kier alpha value is -2.82. The van der Waals surface area contributed by atoms with Crippen LogP contribution in [-0.4, -0.2) is 33.2 Å². The first kappa shape index (κ1) is 14.8. The van der Waals surface area contributed by atoms with E-state index in [2.05, 4.69) is 5.10 Å². The summed E-state index contributed by atoms with van der Waals surface area (Å²) in [6, 6.07) is 13.8. The molecule has 1 fully saturated rings. The normalized spacial score (nSPS) is 17.3. The minimum Gasteiger partial charge on any atom is -0.459 e. The van der Waals surface area contributed by atoms with Crippen LogP contribution in [0.15, 0.2) is 65.5 Å². The Morgan fingerprint density at radius 3 is 2.88 bits per heavy atom. The Morgan fingerprint density at radius 2 is 2.08 bits per heavy atom. The summed E-state index contributed by atoms with van der Waals surface area (Å²) >= 11 is 0. The zero-order valence-corrected chi connectivity index (χ0v) is 13.3. The lowest BCUT2D eigenvalue weighted by molar-refractivity contribution is 0.0690. The maximum absolute atomic E-state index is 13.0. The smallest absolute Gasteiger partial charge is 0.290 e. The van der Waals surface area contributed by atoms with E-state index >= 15 is 0 Å². The van der Waals surface area contributed by atoms with Gasteiger partial charge < -0.3 is 9.32 Å². The quantitative estimate of drug-likeness (QED) is 0.739. The van der Waals surface area contributed by atoms with Gasteiger partial charge in [0.25, 0.3) is 5.91 Å². The molecule has 1 amide bonds. The van der Waals surface area contributed by atoms with Gasteiger partial charge in [0.1, 0.15) is 0 Å². The lowest BCUT2D eigenvalue weighted by atomic mass is 10.1. The number of furan rings is 1. The van der Waals surface area contributed by atoms with Gasteiger partial charge in [-0.15, -0.1) is 0 Å². The number of rotatable bonds is 4. The highest BCUT2D eigenvalue weighted by atomic mass is 16.3. The van der Waals surface area contributed by atoms with Crippen molar-refractivity contribution in [2.24, 2.45) is 0 Å². The number of likely N-dealkylation sites (tertiary alicyclic amines) is 1. The maximum atomic E-state index is 13.0. The topological polar surface area (TPSA) is 51.3 Å². The number of aromatic nitrogens is 2. The molecule has 1 aromatic carbocycles. The van der Waals surface area contributed by atoms with Gasteiger partial charge in [-0.05, 0) is 30.5 Å². The van der Waals surface area contributed by atoms with Gasteiger partial charge in [-0.25, -0.2) is 0 Å². The summed E-state index contributed by atoms with van der Waals surface area (Å²) in [6.07, 6.45) is 7.30. The average Bonchev–Trinajstić information content (AvgIpc) is 3.37. The molecule has 0 N–H and O–H groups in total. The molecule has 24 heavy (non-hydrogen) atoms.